The molecule has 0 aliphatic rings. The van der Waals surface area contributed by atoms with E-state index in [1.807, 2.05) is 0 Å². The number of ether oxygens (including phenoxy) is 2. The van der Waals surface area contributed by atoms with E-state index in [1.165, 1.54) is 32.4 Å². The third kappa shape index (κ3) is 4.02. The van der Waals surface area contributed by atoms with Crippen molar-refractivity contribution in [1.29, 1.82) is 0 Å². The first-order valence-electron chi connectivity index (χ1n) is 7.29. The summed E-state index contributed by atoms with van der Waals surface area (Å²) in [6.07, 6.45) is 0. The molecule has 0 saturated heterocycles. The van der Waals surface area contributed by atoms with Gasteiger partial charge >= 0.3 is 0 Å². The molecule has 12 heteroatoms. The lowest BCUT2D eigenvalue weighted by atomic mass is 10.1. The van der Waals surface area contributed by atoms with Crippen molar-refractivity contribution in [2.24, 2.45) is 0 Å². The molecule has 2 heterocycles. The van der Waals surface area contributed by atoms with Gasteiger partial charge < -0.3 is 9.47 Å². The van der Waals surface area contributed by atoms with Crippen LogP contribution in [0.5, 0.6) is 10.8 Å². The molecular formula is C15H13N3O6S3. The van der Waals surface area contributed by atoms with Crippen molar-refractivity contribution in [1.82, 2.24) is 4.98 Å². The summed E-state index contributed by atoms with van der Waals surface area (Å²) >= 11 is 2.00. The molecule has 1 N–H and O–H groups in total. The van der Waals surface area contributed by atoms with Gasteiger partial charge in [0.15, 0.2) is 10.9 Å². The molecule has 2 aromatic heterocycles. The summed E-state index contributed by atoms with van der Waals surface area (Å²) in [6.45, 7) is 0. The maximum Gasteiger partial charge on any atom is 0.273 e. The van der Waals surface area contributed by atoms with E-state index >= 15 is 0 Å². The van der Waals surface area contributed by atoms with Gasteiger partial charge in [0, 0.05) is 29.1 Å². The van der Waals surface area contributed by atoms with Crippen LogP contribution in [0, 0.1) is 10.1 Å². The van der Waals surface area contributed by atoms with Crippen LogP contribution >= 0.6 is 22.7 Å². The van der Waals surface area contributed by atoms with Gasteiger partial charge in [-0.25, -0.2) is 13.4 Å². The predicted molar refractivity (Wildman–Crippen MR) is 102 cm³/mol. The Morgan fingerprint density at radius 3 is 2.63 bits per heavy atom. The number of methoxy groups -OCH3 is 2. The van der Waals surface area contributed by atoms with Gasteiger partial charge in [0.25, 0.3) is 15.7 Å². The van der Waals surface area contributed by atoms with Crippen LogP contribution < -0.4 is 14.2 Å². The summed E-state index contributed by atoms with van der Waals surface area (Å²) < 4.78 is 37.7. The Balaban J connectivity index is 1.86. The number of thiophene rings is 1. The predicted octanol–water partition coefficient (Wildman–Crippen LogP) is 3.60. The highest BCUT2D eigenvalue weighted by atomic mass is 32.2. The van der Waals surface area contributed by atoms with Crippen molar-refractivity contribution in [3.05, 3.63) is 45.8 Å². The monoisotopic (exact) mass is 427 g/mol. The molecule has 0 unspecified atom stereocenters. The van der Waals surface area contributed by atoms with Gasteiger partial charge in [0.05, 0.1) is 24.8 Å². The molecule has 0 bridgehead atoms. The maximum atomic E-state index is 12.6. The van der Waals surface area contributed by atoms with E-state index in [1.54, 1.807) is 17.5 Å². The Labute approximate surface area is 162 Å². The lowest BCUT2D eigenvalue weighted by molar-refractivity contribution is -0.384. The van der Waals surface area contributed by atoms with Crippen LogP contribution in [-0.2, 0) is 10.0 Å². The quantitative estimate of drug-likeness (QED) is 0.452. The third-order valence-electron chi connectivity index (χ3n) is 3.39. The second kappa shape index (κ2) is 7.50. The zero-order valence-corrected chi connectivity index (χ0v) is 16.5. The van der Waals surface area contributed by atoms with E-state index in [9.17, 15) is 18.5 Å². The fraction of sp³-hybridized carbons (Fsp3) is 0.133. The summed E-state index contributed by atoms with van der Waals surface area (Å²) in [4.78, 5) is 14.6. The molecule has 0 amide bonds. The molecule has 9 nitrogen and oxygen atoms in total. The van der Waals surface area contributed by atoms with Crippen molar-refractivity contribution in [2.75, 3.05) is 18.9 Å². The van der Waals surface area contributed by atoms with Crippen LogP contribution in [0.1, 0.15) is 0 Å². The molecule has 0 spiro atoms. The van der Waals surface area contributed by atoms with E-state index in [-0.39, 0.29) is 15.0 Å². The highest BCUT2D eigenvalue weighted by molar-refractivity contribution is 7.94. The van der Waals surface area contributed by atoms with Crippen LogP contribution in [0.3, 0.4) is 0 Å². The molecule has 0 saturated carbocycles. The first-order valence-corrected chi connectivity index (χ1v) is 10.5. The number of benzene rings is 1. The minimum Gasteiger partial charge on any atom is -0.492 e. The van der Waals surface area contributed by atoms with E-state index < -0.39 is 14.9 Å². The van der Waals surface area contributed by atoms with E-state index in [0.717, 1.165) is 22.7 Å². The minimum atomic E-state index is -3.88. The summed E-state index contributed by atoms with van der Waals surface area (Å²) in [6, 6.07) is 7.32. The Kier molecular flexibility index (Phi) is 5.30. The Hall–Kier alpha value is -2.70. The molecule has 142 valence electrons. The van der Waals surface area contributed by atoms with Gasteiger partial charge in [-0.2, -0.15) is 0 Å². The van der Waals surface area contributed by atoms with Gasteiger partial charge in [-0.05, 0) is 0 Å². The number of nitro groups is 1. The Morgan fingerprint density at radius 1 is 1.22 bits per heavy atom. The van der Waals surface area contributed by atoms with E-state index in [0.29, 0.717) is 22.1 Å². The highest BCUT2D eigenvalue weighted by Gasteiger charge is 2.23. The number of non-ortho nitro benzene ring substituents is 1. The van der Waals surface area contributed by atoms with Crippen molar-refractivity contribution in [3.63, 3.8) is 0 Å². The molecule has 27 heavy (non-hydrogen) atoms. The molecule has 0 aliphatic carbocycles. The number of nitrogens with zero attached hydrogens (tertiary/aromatic N) is 2. The second-order valence-corrected chi connectivity index (χ2v) is 8.86. The Morgan fingerprint density at radius 2 is 2.00 bits per heavy atom. The molecule has 0 atom stereocenters. The normalized spacial score (nSPS) is 11.2. The van der Waals surface area contributed by atoms with Crippen LogP contribution in [0.15, 0.2) is 39.9 Å². The molecule has 3 rings (SSSR count). The lowest BCUT2D eigenvalue weighted by Gasteiger charge is -2.01. The SMILES string of the molecule is COc1cc(S(=O)(=O)Nc2nc(-c3cccc([N+](=O)[O-])c3)cs2)sc1OC. The van der Waals surface area contributed by atoms with Gasteiger partial charge in [0.2, 0.25) is 5.06 Å². The zero-order chi connectivity index (χ0) is 19.6. The number of nitro benzene ring substituents is 1. The number of nitrogens with one attached hydrogen (secondary N) is 1. The number of hydrogen-bond acceptors (Lipinski definition) is 9. The van der Waals surface area contributed by atoms with Crippen molar-refractivity contribution in [3.8, 4) is 22.1 Å². The third-order valence-corrected chi connectivity index (χ3v) is 7.17. The number of sulfonamides is 1. The molecule has 0 aliphatic heterocycles. The number of hydrogen-bond donors (Lipinski definition) is 1. The average Bonchev–Trinajstić information content (AvgIpc) is 3.28. The lowest BCUT2D eigenvalue weighted by Crippen LogP contribution is -2.11. The van der Waals surface area contributed by atoms with Crippen LogP contribution in [0.25, 0.3) is 11.3 Å². The van der Waals surface area contributed by atoms with Crippen LogP contribution in [0.2, 0.25) is 0 Å². The van der Waals surface area contributed by atoms with E-state index in [2.05, 4.69) is 9.71 Å². The Bertz CT molecular complexity index is 1070. The fourth-order valence-corrected chi connectivity index (χ4v) is 5.34. The van der Waals surface area contributed by atoms with Crippen molar-refractivity contribution in [2.45, 2.75) is 4.21 Å². The summed E-state index contributed by atoms with van der Waals surface area (Å²) in [5.74, 6) is 0.319. The largest absolute Gasteiger partial charge is 0.492 e. The molecule has 0 radical (unpaired) electrons. The fourth-order valence-electron chi connectivity index (χ4n) is 2.15. The smallest absolute Gasteiger partial charge is 0.273 e. The molecule has 0 fully saturated rings. The number of rotatable bonds is 7. The van der Waals surface area contributed by atoms with Crippen molar-refractivity contribution < 1.29 is 22.8 Å². The summed E-state index contributed by atoms with van der Waals surface area (Å²) in [7, 11) is -1.04. The van der Waals surface area contributed by atoms with Gasteiger partial charge in [-0.1, -0.05) is 23.5 Å². The minimum absolute atomic E-state index is 0.0169. The first kappa shape index (κ1) is 19.1. The molecular weight excluding hydrogens is 414 g/mol. The summed E-state index contributed by atoms with van der Waals surface area (Å²) in [5, 5.41) is 13.0. The van der Waals surface area contributed by atoms with E-state index in [4.69, 9.17) is 9.47 Å². The summed E-state index contributed by atoms with van der Waals surface area (Å²) in [5.41, 5.74) is 0.883. The van der Waals surface area contributed by atoms with Crippen molar-refractivity contribution >= 4 is 43.5 Å². The standard InChI is InChI=1S/C15H13N3O6S3/c1-23-12-7-13(26-14(12)24-2)27(21,22)17-15-16-11(8-25-15)9-4-3-5-10(6-9)18(19)20/h3-8H,1-2H3,(H,16,17). The van der Waals surface area contributed by atoms with Gasteiger partial charge in [0.1, 0.15) is 4.21 Å². The topological polar surface area (TPSA) is 121 Å². The first-order chi connectivity index (χ1) is 12.8. The number of anilines is 1. The van der Waals surface area contributed by atoms with Gasteiger partial charge in [-0.15, -0.1) is 11.3 Å². The highest BCUT2D eigenvalue weighted by Crippen LogP contribution is 2.40. The maximum absolute atomic E-state index is 12.6. The molecule has 1 aromatic carbocycles. The van der Waals surface area contributed by atoms with Crippen LogP contribution in [-0.4, -0.2) is 32.5 Å². The second-order valence-electron chi connectivity index (χ2n) is 5.08. The zero-order valence-electron chi connectivity index (χ0n) is 14.0. The average molecular weight is 427 g/mol. The van der Waals surface area contributed by atoms with Crippen LogP contribution in [0.4, 0.5) is 10.8 Å². The number of thiazole rings is 1. The number of aromatic nitrogens is 1. The van der Waals surface area contributed by atoms with Gasteiger partial charge in [-0.3, -0.25) is 14.8 Å². The molecule has 3 aromatic rings.